The zero-order valence-electron chi connectivity index (χ0n) is 7.69. The van der Waals surface area contributed by atoms with Crippen LogP contribution in [-0.2, 0) is 0 Å². The van der Waals surface area contributed by atoms with Crippen LogP contribution in [0.3, 0.4) is 0 Å². The molecule has 0 saturated heterocycles. The summed E-state index contributed by atoms with van der Waals surface area (Å²) in [5, 5.41) is 8.57. The summed E-state index contributed by atoms with van der Waals surface area (Å²) in [5.74, 6) is 1.57. The minimum atomic E-state index is 0.511. The van der Waals surface area contributed by atoms with E-state index in [1.165, 1.54) is 11.8 Å². The molecule has 0 atom stereocenters. The summed E-state index contributed by atoms with van der Waals surface area (Å²) >= 11 is 6.45. The Morgan fingerprint density at radius 2 is 2.14 bits per heavy atom. The third-order valence-corrected chi connectivity index (χ3v) is 2.49. The van der Waals surface area contributed by atoms with E-state index in [-0.39, 0.29) is 0 Å². The molecule has 0 amide bonds. The molecule has 0 heterocycles. The maximum atomic E-state index is 8.57. The molecule has 0 unspecified atom stereocenters. The van der Waals surface area contributed by atoms with Gasteiger partial charge in [0.05, 0.1) is 11.6 Å². The van der Waals surface area contributed by atoms with Crippen LogP contribution in [0.4, 0.5) is 0 Å². The molecule has 0 aliphatic heterocycles. The first-order chi connectivity index (χ1) is 6.76. The minimum Gasteiger partial charge on any atom is -0.440 e. The van der Waals surface area contributed by atoms with Crippen LogP contribution in [-0.4, -0.2) is 10.1 Å². The molecule has 2 nitrogen and oxygen atoms in total. The molecule has 1 rings (SSSR count). The van der Waals surface area contributed by atoms with E-state index >= 15 is 0 Å². The lowest BCUT2D eigenvalue weighted by Gasteiger charge is -2.04. The Morgan fingerprint density at radius 1 is 1.50 bits per heavy atom. The molecule has 1 aromatic carbocycles. The third-order valence-electron chi connectivity index (χ3n) is 1.45. The Labute approximate surface area is 92.9 Å². The second kappa shape index (κ2) is 5.63. The average molecular weight is 223 g/mol. The van der Waals surface area contributed by atoms with Gasteiger partial charge in [0.25, 0.3) is 0 Å². The second-order valence-corrected chi connectivity index (χ2v) is 4.29. The molecule has 0 fully saturated rings. The van der Waals surface area contributed by atoms with Crippen LogP contribution in [0.15, 0.2) is 24.3 Å². The van der Waals surface area contributed by atoms with Crippen molar-refractivity contribution in [3.05, 3.63) is 29.8 Å². The number of ether oxygens (including phenoxy) is 1. The van der Waals surface area contributed by atoms with Crippen LogP contribution in [0.2, 0.25) is 0 Å². The summed E-state index contributed by atoms with van der Waals surface area (Å²) in [6.45, 7) is 2.01. The molecule has 72 valence electrons. The summed E-state index contributed by atoms with van der Waals surface area (Å²) in [5.41, 5.74) is 0.617. The van der Waals surface area contributed by atoms with E-state index in [9.17, 15) is 0 Å². The van der Waals surface area contributed by atoms with Crippen molar-refractivity contribution < 1.29 is 4.74 Å². The highest BCUT2D eigenvalue weighted by Gasteiger charge is 1.99. The summed E-state index contributed by atoms with van der Waals surface area (Å²) < 4.78 is 5.85. The van der Waals surface area contributed by atoms with E-state index in [2.05, 4.69) is 0 Å². The normalized spacial score (nSPS) is 9.14. The Bertz CT molecular complexity index is 353. The number of thioether (sulfide) groups is 1. The fraction of sp³-hybridized carbons (Fsp3) is 0.200. The first-order valence-electron chi connectivity index (χ1n) is 4.11. The highest BCUT2D eigenvalue weighted by molar-refractivity contribution is 8.22. The lowest BCUT2D eigenvalue weighted by Crippen LogP contribution is -2.00. The fourth-order valence-electron chi connectivity index (χ4n) is 0.841. The Kier molecular flexibility index (Phi) is 4.44. The van der Waals surface area contributed by atoms with Crippen LogP contribution >= 0.6 is 24.0 Å². The summed E-state index contributed by atoms with van der Waals surface area (Å²) in [6.07, 6.45) is 0. The van der Waals surface area contributed by atoms with Gasteiger partial charge in [0.2, 0.25) is 4.38 Å². The minimum absolute atomic E-state index is 0.511. The van der Waals surface area contributed by atoms with Crippen LogP contribution < -0.4 is 4.74 Å². The van der Waals surface area contributed by atoms with Crippen LogP contribution in [0.1, 0.15) is 12.5 Å². The van der Waals surface area contributed by atoms with Crippen LogP contribution in [0.5, 0.6) is 5.75 Å². The van der Waals surface area contributed by atoms with Gasteiger partial charge in [0.1, 0.15) is 5.75 Å². The predicted molar refractivity (Wildman–Crippen MR) is 62.5 cm³/mol. The number of thiocarbonyl (C=S) groups is 1. The first kappa shape index (κ1) is 11.0. The van der Waals surface area contributed by atoms with Gasteiger partial charge in [-0.2, -0.15) is 5.26 Å². The molecule has 0 bridgehead atoms. The lowest BCUT2D eigenvalue weighted by atomic mass is 10.2. The smallest absolute Gasteiger partial charge is 0.225 e. The lowest BCUT2D eigenvalue weighted by molar-refractivity contribution is 0.579. The number of benzene rings is 1. The van der Waals surface area contributed by atoms with Gasteiger partial charge in [0.15, 0.2) is 0 Å². The van der Waals surface area contributed by atoms with E-state index in [1.807, 2.05) is 13.0 Å². The van der Waals surface area contributed by atoms with Gasteiger partial charge in [-0.05, 0) is 42.2 Å². The van der Waals surface area contributed by atoms with Crippen molar-refractivity contribution >= 4 is 28.4 Å². The molecule has 0 radical (unpaired) electrons. The fourth-order valence-corrected chi connectivity index (χ4v) is 1.68. The van der Waals surface area contributed by atoms with Gasteiger partial charge in [-0.3, -0.25) is 0 Å². The summed E-state index contributed by atoms with van der Waals surface area (Å²) in [4.78, 5) is 0. The molecule has 1 aromatic rings. The molecule has 14 heavy (non-hydrogen) atoms. The molecule has 4 heteroatoms. The summed E-state index contributed by atoms with van der Waals surface area (Å²) in [7, 11) is 0. The number of rotatable bonds is 2. The monoisotopic (exact) mass is 223 g/mol. The molecule has 0 aliphatic carbocycles. The van der Waals surface area contributed by atoms with E-state index in [0.717, 1.165) is 5.75 Å². The van der Waals surface area contributed by atoms with E-state index in [0.29, 0.717) is 15.7 Å². The van der Waals surface area contributed by atoms with Crippen molar-refractivity contribution in [1.82, 2.24) is 0 Å². The van der Waals surface area contributed by atoms with Gasteiger partial charge in [-0.15, -0.1) is 0 Å². The van der Waals surface area contributed by atoms with Crippen LogP contribution in [0.25, 0.3) is 0 Å². The van der Waals surface area contributed by atoms with Gasteiger partial charge in [-0.1, -0.05) is 18.7 Å². The van der Waals surface area contributed by atoms with Crippen molar-refractivity contribution in [3.8, 4) is 11.8 Å². The number of hydrogen-bond donors (Lipinski definition) is 0. The maximum Gasteiger partial charge on any atom is 0.225 e. The van der Waals surface area contributed by atoms with Gasteiger partial charge < -0.3 is 4.74 Å². The quantitative estimate of drug-likeness (QED) is 0.722. The Hall–Kier alpha value is -1.05. The molecular weight excluding hydrogens is 214 g/mol. The van der Waals surface area contributed by atoms with E-state index in [1.54, 1.807) is 24.3 Å². The van der Waals surface area contributed by atoms with Gasteiger partial charge in [0, 0.05) is 0 Å². The van der Waals surface area contributed by atoms with Crippen molar-refractivity contribution in [2.75, 3.05) is 5.75 Å². The first-order valence-corrected chi connectivity index (χ1v) is 5.50. The van der Waals surface area contributed by atoms with Crippen molar-refractivity contribution in [2.24, 2.45) is 0 Å². The zero-order valence-corrected chi connectivity index (χ0v) is 9.32. The molecule has 0 N–H and O–H groups in total. The van der Waals surface area contributed by atoms with Crippen molar-refractivity contribution in [2.45, 2.75) is 6.92 Å². The Morgan fingerprint density at radius 3 is 2.64 bits per heavy atom. The number of nitrogens with zero attached hydrogens (tertiary/aromatic N) is 1. The average Bonchev–Trinajstić information content (AvgIpc) is 2.19. The highest BCUT2D eigenvalue weighted by atomic mass is 32.2. The molecule has 0 aliphatic rings. The highest BCUT2D eigenvalue weighted by Crippen LogP contribution is 2.15. The second-order valence-electron chi connectivity index (χ2n) is 2.42. The van der Waals surface area contributed by atoms with E-state index in [4.69, 9.17) is 22.2 Å². The predicted octanol–water partition coefficient (Wildman–Crippen LogP) is 2.98. The van der Waals surface area contributed by atoms with E-state index < -0.39 is 0 Å². The largest absolute Gasteiger partial charge is 0.440 e. The maximum absolute atomic E-state index is 8.57. The van der Waals surface area contributed by atoms with Gasteiger partial charge >= 0.3 is 0 Å². The van der Waals surface area contributed by atoms with Gasteiger partial charge in [-0.25, -0.2) is 0 Å². The molecule has 0 saturated carbocycles. The SMILES string of the molecule is CCSC(=S)Oc1ccc(C#N)cc1. The third kappa shape index (κ3) is 3.36. The Balaban J connectivity index is 2.61. The molecule has 0 aromatic heterocycles. The molecular formula is C10H9NOS2. The topological polar surface area (TPSA) is 33.0 Å². The number of nitriles is 1. The van der Waals surface area contributed by atoms with Crippen LogP contribution in [0, 0.1) is 11.3 Å². The zero-order chi connectivity index (χ0) is 10.4. The molecule has 0 spiro atoms. The van der Waals surface area contributed by atoms with Crippen molar-refractivity contribution in [3.63, 3.8) is 0 Å². The van der Waals surface area contributed by atoms with Crippen molar-refractivity contribution in [1.29, 1.82) is 5.26 Å². The number of hydrogen-bond acceptors (Lipinski definition) is 4. The summed E-state index contributed by atoms with van der Waals surface area (Å²) in [6, 6.07) is 8.92. The standard InChI is InChI=1S/C10H9NOS2/c1-2-14-10(13)12-9-5-3-8(7-11)4-6-9/h3-6H,2H2,1H3.